The largest absolute Gasteiger partial charge is 0.339 e. The summed E-state index contributed by atoms with van der Waals surface area (Å²) in [5.74, 6) is 0.0624. The van der Waals surface area contributed by atoms with E-state index in [0.29, 0.717) is 24.6 Å². The first-order valence-corrected chi connectivity index (χ1v) is 6.84. The number of halogens is 1. The van der Waals surface area contributed by atoms with Crippen LogP contribution in [0.5, 0.6) is 0 Å². The molecule has 1 aromatic carbocycles. The van der Waals surface area contributed by atoms with E-state index in [1.165, 1.54) is 6.07 Å². The number of piperidine rings is 1. The number of carbonyl (C=O) groups is 1. The Labute approximate surface area is 113 Å². The molecule has 2 atom stereocenters. The molecule has 0 bridgehead atoms. The molecule has 2 N–H and O–H groups in total. The Bertz CT molecular complexity index is 450. The van der Waals surface area contributed by atoms with Gasteiger partial charge < -0.3 is 10.6 Å². The predicted octanol–water partition coefficient (Wildman–Crippen LogP) is 1.95. The summed E-state index contributed by atoms with van der Waals surface area (Å²) in [7, 11) is 0. The highest BCUT2D eigenvalue weighted by Gasteiger charge is 2.28. The van der Waals surface area contributed by atoms with Crippen LogP contribution in [0.15, 0.2) is 24.3 Å². The number of hydrogen-bond donors (Lipinski definition) is 1. The van der Waals surface area contributed by atoms with E-state index in [9.17, 15) is 9.18 Å². The maximum atomic E-state index is 13.6. The first-order valence-electron chi connectivity index (χ1n) is 6.84. The highest BCUT2D eigenvalue weighted by Crippen LogP contribution is 2.22. The van der Waals surface area contributed by atoms with Crippen LogP contribution in [0.25, 0.3) is 0 Å². The summed E-state index contributed by atoms with van der Waals surface area (Å²) >= 11 is 0. The minimum atomic E-state index is -0.309. The number of likely N-dealkylation sites (tertiary alicyclic amines) is 1. The van der Waals surface area contributed by atoms with E-state index in [2.05, 4.69) is 0 Å². The van der Waals surface area contributed by atoms with Crippen molar-refractivity contribution in [2.24, 2.45) is 11.7 Å². The monoisotopic (exact) mass is 264 g/mol. The number of nitrogens with two attached hydrogens (primary N) is 1. The van der Waals surface area contributed by atoms with Crippen molar-refractivity contribution in [2.45, 2.75) is 32.2 Å². The molecule has 1 fully saturated rings. The average molecular weight is 264 g/mol. The molecule has 1 heterocycles. The number of benzene rings is 1. The van der Waals surface area contributed by atoms with Gasteiger partial charge in [-0.05, 0) is 43.9 Å². The fourth-order valence-corrected chi connectivity index (χ4v) is 2.63. The normalized spacial score (nSPS) is 23.4. The van der Waals surface area contributed by atoms with Gasteiger partial charge in [0.15, 0.2) is 0 Å². The third-order valence-electron chi connectivity index (χ3n) is 3.93. The summed E-state index contributed by atoms with van der Waals surface area (Å²) in [6, 6.07) is 6.68. The van der Waals surface area contributed by atoms with Crippen LogP contribution >= 0.6 is 0 Å². The second kappa shape index (κ2) is 6.15. The molecule has 0 aliphatic carbocycles. The van der Waals surface area contributed by atoms with Gasteiger partial charge in [-0.25, -0.2) is 4.39 Å². The van der Waals surface area contributed by atoms with E-state index in [-0.39, 0.29) is 24.2 Å². The highest BCUT2D eigenvalue weighted by molar-refractivity contribution is 5.79. The van der Waals surface area contributed by atoms with Crippen LogP contribution < -0.4 is 5.73 Å². The Morgan fingerprint density at radius 2 is 2.16 bits per heavy atom. The molecule has 1 saturated heterocycles. The molecule has 0 saturated carbocycles. The summed E-state index contributed by atoms with van der Waals surface area (Å²) < 4.78 is 13.6. The first-order chi connectivity index (χ1) is 9.11. The third-order valence-corrected chi connectivity index (χ3v) is 3.93. The van der Waals surface area contributed by atoms with Crippen molar-refractivity contribution in [3.8, 4) is 0 Å². The maximum absolute atomic E-state index is 13.6. The molecule has 0 spiro atoms. The number of nitrogens with zero attached hydrogens (tertiary/aromatic N) is 1. The molecule has 0 aromatic heterocycles. The zero-order valence-electron chi connectivity index (χ0n) is 11.3. The summed E-state index contributed by atoms with van der Waals surface area (Å²) in [4.78, 5) is 14.2. The molecule has 4 heteroatoms. The van der Waals surface area contributed by atoms with Crippen LogP contribution in [0.4, 0.5) is 4.39 Å². The molecule has 1 amide bonds. The van der Waals surface area contributed by atoms with E-state index in [1.54, 1.807) is 18.2 Å². The number of carbonyl (C=O) groups excluding carboxylic acids is 1. The molecular formula is C15H21FN2O. The maximum Gasteiger partial charge on any atom is 0.227 e. The van der Waals surface area contributed by atoms with Crippen molar-refractivity contribution in [1.82, 2.24) is 4.90 Å². The number of hydrogen-bond acceptors (Lipinski definition) is 2. The Kier molecular flexibility index (Phi) is 4.53. The van der Waals surface area contributed by atoms with Crippen LogP contribution in [-0.4, -0.2) is 29.9 Å². The Balaban J connectivity index is 2.04. The van der Waals surface area contributed by atoms with Crippen molar-refractivity contribution in [2.75, 3.05) is 13.1 Å². The van der Waals surface area contributed by atoms with Gasteiger partial charge in [-0.1, -0.05) is 18.2 Å². The van der Waals surface area contributed by atoms with E-state index < -0.39 is 0 Å². The van der Waals surface area contributed by atoms with Gasteiger partial charge in [0.05, 0.1) is 6.42 Å². The molecule has 1 aliphatic heterocycles. The lowest BCUT2D eigenvalue weighted by atomic mass is 9.93. The lowest BCUT2D eigenvalue weighted by Crippen LogP contribution is -2.47. The van der Waals surface area contributed by atoms with Crippen molar-refractivity contribution in [3.63, 3.8) is 0 Å². The minimum absolute atomic E-state index is 0.00394. The standard InChI is InChI=1S/C15H21FN2O/c1-11-6-7-12(9-17)10-18(11)15(19)8-13-4-2-3-5-14(13)16/h2-5,11-12H,6-10,17H2,1H3. The van der Waals surface area contributed by atoms with E-state index in [0.717, 1.165) is 12.8 Å². The highest BCUT2D eigenvalue weighted by atomic mass is 19.1. The van der Waals surface area contributed by atoms with Crippen molar-refractivity contribution in [3.05, 3.63) is 35.6 Å². The Morgan fingerprint density at radius 1 is 1.42 bits per heavy atom. The van der Waals surface area contributed by atoms with E-state index >= 15 is 0 Å². The fraction of sp³-hybridized carbons (Fsp3) is 0.533. The van der Waals surface area contributed by atoms with Crippen molar-refractivity contribution >= 4 is 5.91 Å². The second-order valence-corrected chi connectivity index (χ2v) is 5.34. The van der Waals surface area contributed by atoms with Crippen LogP contribution in [0.2, 0.25) is 0 Å². The Morgan fingerprint density at radius 3 is 2.84 bits per heavy atom. The molecule has 104 valence electrons. The lowest BCUT2D eigenvalue weighted by molar-refractivity contribution is -0.134. The second-order valence-electron chi connectivity index (χ2n) is 5.34. The van der Waals surface area contributed by atoms with Crippen LogP contribution in [0.1, 0.15) is 25.3 Å². The molecule has 1 aromatic rings. The fourth-order valence-electron chi connectivity index (χ4n) is 2.63. The zero-order chi connectivity index (χ0) is 13.8. The summed E-state index contributed by atoms with van der Waals surface area (Å²) in [5.41, 5.74) is 6.16. The van der Waals surface area contributed by atoms with Gasteiger partial charge in [-0.3, -0.25) is 4.79 Å². The van der Waals surface area contributed by atoms with Gasteiger partial charge in [0, 0.05) is 12.6 Å². The smallest absolute Gasteiger partial charge is 0.227 e. The number of amides is 1. The van der Waals surface area contributed by atoms with Crippen LogP contribution in [0, 0.1) is 11.7 Å². The third kappa shape index (κ3) is 3.32. The number of rotatable bonds is 3. The van der Waals surface area contributed by atoms with Gasteiger partial charge in [0.1, 0.15) is 5.82 Å². The minimum Gasteiger partial charge on any atom is -0.339 e. The van der Waals surface area contributed by atoms with E-state index in [4.69, 9.17) is 5.73 Å². The quantitative estimate of drug-likeness (QED) is 0.907. The van der Waals surface area contributed by atoms with E-state index in [1.807, 2.05) is 11.8 Å². The molecule has 19 heavy (non-hydrogen) atoms. The van der Waals surface area contributed by atoms with Gasteiger partial charge in [0.25, 0.3) is 0 Å². The summed E-state index contributed by atoms with van der Waals surface area (Å²) in [6.07, 6.45) is 2.18. The summed E-state index contributed by atoms with van der Waals surface area (Å²) in [6.45, 7) is 3.35. The van der Waals surface area contributed by atoms with Gasteiger partial charge >= 0.3 is 0 Å². The average Bonchev–Trinajstić information content (AvgIpc) is 2.42. The first kappa shape index (κ1) is 14.0. The molecule has 1 aliphatic rings. The summed E-state index contributed by atoms with van der Waals surface area (Å²) in [5, 5.41) is 0. The molecule has 0 radical (unpaired) electrons. The molecule has 2 rings (SSSR count). The van der Waals surface area contributed by atoms with Crippen LogP contribution in [0.3, 0.4) is 0 Å². The molecule has 2 unspecified atom stereocenters. The van der Waals surface area contributed by atoms with Crippen molar-refractivity contribution < 1.29 is 9.18 Å². The van der Waals surface area contributed by atoms with Crippen molar-refractivity contribution in [1.29, 1.82) is 0 Å². The van der Waals surface area contributed by atoms with Gasteiger partial charge in [-0.2, -0.15) is 0 Å². The SMILES string of the molecule is CC1CCC(CN)CN1C(=O)Cc1ccccc1F. The molecule has 3 nitrogen and oxygen atoms in total. The van der Waals surface area contributed by atoms with Gasteiger partial charge in [0.2, 0.25) is 5.91 Å². The zero-order valence-corrected chi connectivity index (χ0v) is 11.3. The lowest BCUT2D eigenvalue weighted by Gasteiger charge is -2.37. The van der Waals surface area contributed by atoms with Gasteiger partial charge in [-0.15, -0.1) is 0 Å². The van der Waals surface area contributed by atoms with Crippen LogP contribution in [-0.2, 0) is 11.2 Å². The molecular weight excluding hydrogens is 243 g/mol. The topological polar surface area (TPSA) is 46.3 Å². The Hall–Kier alpha value is -1.42. The predicted molar refractivity (Wildman–Crippen MR) is 73.1 cm³/mol.